The van der Waals surface area contributed by atoms with Gasteiger partial charge in [-0.2, -0.15) is 0 Å². The van der Waals surface area contributed by atoms with Crippen molar-refractivity contribution < 1.29 is 14.3 Å². The lowest BCUT2D eigenvalue weighted by Gasteiger charge is -2.40. The Morgan fingerprint density at radius 2 is 1.70 bits per heavy atom. The lowest BCUT2D eigenvalue weighted by molar-refractivity contribution is -0.150. The zero-order valence-electron chi connectivity index (χ0n) is 19.1. The molecule has 0 aliphatic carbocycles. The first-order chi connectivity index (χ1) is 16.1. The van der Waals surface area contributed by atoms with Gasteiger partial charge in [-0.05, 0) is 41.8 Å². The number of methoxy groups -OCH3 is 1. The van der Waals surface area contributed by atoms with Gasteiger partial charge in [0.2, 0.25) is 11.8 Å². The third kappa shape index (κ3) is 5.06. The van der Waals surface area contributed by atoms with Crippen LogP contribution in [0, 0.1) is 0 Å². The minimum absolute atomic E-state index is 0.00957. The topological polar surface area (TPSA) is 62.7 Å². The second-order valence-electron chi connectivity index (χ2n) is 8.15. The van der Waals surface area contributed by atoms with E-state index in [4.69, 9.17) is 4.74 Å². The molecule has 6 nitrogen and oxygen atoms in total. The predicted octanol–water partition coefficient (Wildman–Crippen LogP) is 3.60. The van der Waals surface area contributed by atoms with Crippen molar-refractivity contribution >= 4 is 11.8 Å². The van der Waals surface area contributed by atoms with Gasteiger partial charge < -0.3 is 14.5 Å². The molecule has 33 heavy (non-hydrogen) atoms. The van der Waals surface area contributed by atoms with Crippen molar-refractivity contribution in [1.29, 1.82) is 0 Å². The van der Waals surface area contributed by atoms with Crippen LogP contribution >= 0.6 is 0 Å². The zero-order valence-corrected chi connectivity index (χ0v) is 19.1. The molecule has 0 saturated carbocycles. The molecule has 2 aromatic carbocycles. The molecule has 1 saturated heterocycles. The number of ether oxygens (including phenoxy) is 1. The zero-order chi connectivity index (χ0) is 23.2. The van der Waals surface area contributed by atoms with Crippen LogP contribution in [0.25, 0.3) is 11.1 Å². The molecule has 1 aliphatic heterocycles. The van der Waals surface area contributed by atoms with Gasteiger partial charge in [-0.15, -0.1) is 0 Å². The Balaban J connectivity index is 1.54. The van der Waals surface area contributed by atoms with E-state index in [0.29, 0.717) is 31.8 Å². The molecule has 0 bridgehead atoms. The highest BCUT2D eigenvalue weighted by atomic mass is 16.5. The van der Waals surface area contributed by atoms with Crippen molar-refractivity contribution in [3.63, 3.8) is 0 Å². The van der Waals surface area contributed by atoms with Gasteiger partial charge in [0.25, 0.3) is 0 Å². The Morgan fingerprint density at radius 3 is 2.39 bits per heavy atom. The maximum Gasteiger partial charge on any atom is 0.245 e. The first-order valence-electron chi connectivity index (χ1n) is 11.3. The van der Waals surface area contributed by atoms with Crippen molar-refractivity contribution in [1.82, 2.24) is 14.8 Å². The second-order valence-corrected chi connectivity index (χ2v) is 8.15. The number of piperazine rings is 1. The molecule has 1 aromatic heterocycles. The molecule has 4 rings (SSSR count). The predicted molar refractivity (Wildman–Crippen MR) is 128 cm³/mol. The molecule has 2 amide bonds. The fraction of sp³-hybridized carbons (Fsp3) is 0.296. The molecule has 2 heterocycles. The summed E-state index contributed by atoms with van der Waals surface area (Å²) in [7, 11) is 1.60. The second kappa shape index (κ2) is 10.3. The largest absolute Gasteiger partial charge is 0.496 e. The number of amides is 2. The van der Waals surface area contributed by atoms with E-state index in [1.165, 1.54) is 0 Å². The van der Waals surface area contributed by atoms with Crippen molar-refractivity contribution in [2.45, 2.75) is 25.8 Å². The molecule has 3 aromatic rings. The number of pyridine rings is 1. The van der Waals surface area contributed by atoms with Crippen molar-refractivity contribution in [3.05, 3.63) is 84.2 Å². The quantitative estimate of drug-likeness (QED) is 0.560. The van der Waals surface area contributed by atoms with E-state index in [9.17, 15) is 9.59 Å². The van der Waals surface area contributed by atoms with Crippen molar-refractivity contribution in [2.75, 3.05) is 26.7 Å². The van der Waals surface area contributed by atoms with E-state index in [2.05, 4.69) is 17.1 Å². The lowest BCUT2D eigenvalue weighted by Crippen LogP contribution is -2.59. The summed E-state index contributed by atoms with van der Waals surface area (Å²) in [5, 5.41) is 0. The van der Waals surface area contributed by atoms with E-state index in [-0.39, 0.29) is 18.2 Å². The highest BCUT2D eigenvalue weighted by Crippen LogP contribution is 2.24. The van der Waals surface area contributed by atoms with Crippen LogP contribution in [0.15, 0.2) is 73.1 Å². The summed E-state index contributed by atoms with van der Waals surface area (Å²) >= 11 is 0. The summed E-state index contributed by atoms with van der Waals surface area (Å²) in [5.74, 6) is 0.643. The van der Waals surface area contributed by atoms with E-state index < -0.39 is 6.04 Å². The summed E-state index contributed by atoms with van der Waals surface area (Å²) in [6.45, 7) is 3.72. The smallest absolute Gasteiger partial charge is 0.245 e. The molecule has 0 N–H and O–H groups in total. The van der Waals surface area contributed by atoms with Gasteiger partial charge in [-0.1, -0.05) is 42.5 Å². The number of para-hydroxylation sites is 1. The average molecular weight is 444 g/mol. The molecule has 0 spiro atoms. The van der Waals surface area contributed by atoms with E-state index in [1.54, 1.807) is 24.4 Å². The molecule has 170 valence electrons. The van der Waals surface area contributed by atoms with Gasteiger partial charge in [0.1, 0.15) is 11.8 Å². The standard InChI is InChI=1S/C27H29N3O3/c1-3-29-16-17-30(26(31)19-23-6-4-5-7-25(23)33-2)24(27(29)32)18-20-8-10-21(11-9-20)22-12-14-28-15-13-22/h4-15,24H,3,16-19H2,1-2H3/t24-/m1/s1. The maximum atomic E-state index is 13.3. The summed E-state index contributed by atoms with van der Waals surface area (Å²) in [4.78, 5) is 34.2. The highest BCUT2D eigenvalue weighted by Gasteiger charge is 2.36. The molecular weight excluding hydrogens is 414 g/mol. The average Bonchev–Trinajstić information content (AvgIpc) is 2.86. The number of hydrogen-bond donors (Lipinski definition) is 0. The van der Waals surface area contributed by atoms with Crippen molar-refractivity contribution in [2.24, 2.45) is 0 Å². The van der Waals surface area contributed by atoms with Crippen LogP contribution in [0.4, 0.5) is 0 Å². The summed E-state index contributed by atoms with van der Waals surface area (Å²) < 4.78 is 5.41. The minimum atomic E-state index is -0.507. The highest BCUT2D eigenvalue weighted by molar-refractivity contribution is 5.90. The maximum absolute atomic E-state index is 13.3. The van der Waals surface area contributed by atoms with Crippen molar-refractivity contribution in [3.8, 4) is 16.9 Å². The monoisotopic (exact) mass is 443 g/mol. The number of hydrogen-bond acceptors (Lipinski definition) is 4. The van der Waals surface area contributed by atoms with Gasteiger partial charge in [-0.3, -0.25) is 14.6 Å². The van der Waals surface area contributed by atoms with E-state index >= 15 is 0 Å². The number of benzene rings is 2. The normalized spacial score (nSPS) is 16.1. The Kier molecular flexibility index (Phi) is 7.03. The van der Waals surface area contributed by atoms with Crippen LogP contribution in [-0.4, -0.2) is 59.4 Å². The number of aromatic nitrogens is 1. The fourth-order valence-corrected chi connectivity index (χ4v) is 4.36. The van der Waals surface area contributed by atoms with Crippen LogP contribution in [0.2, 0.25) is 0 Å². The third-order valence-electron chi connectivity index (χ3n) is 6.22. The molecule has 0 unspecified atom stereocenters. The van der Waals surface area contributed by atoms with Crippen LogP contribution in [-0.2, 0) is 22.4 Å². The van der Waals surface area contributed by atoms with Gasteiger partial charge in [0, 0.05) is 44.0 Å². The number of nitrogens with zero attached hydrogens (tertiary/aromatic N) is 3. The van der Waals surface area contributed by atoms with Gasteiger partial charge in [0.15, 0.2) is 0 Å². The van der Waals surface area contributed by atoms with Gasteiger partial charge in [-0.25, -0.2) is 0 Å². The van der Waals surface area contributed by atoms with Gasteiger partial charge in [0.05, 0.1) is 13.5 Å². The Bertz CT molecular complexity index is 1100. The number of carbonyl (C=O) groups is 2. The van der Waals surface area contributed by atoms with Crippen LogP contribution < -0.4 is 4.74 Å². The van der Waals surface area contributed by atoms with Crippen LogP contribution in [0.5, 0.6) is 5.75 Å². The summed E-state index contributed by atoms with van der Waals surface area (Å²) in [5.41, 5.74) is 4.04. The number of likely N-dealkylation sites (N-methyl/N-ethyl adjacent to an activating group) is 1. The van der Waals surface area contributed by atoms with E-state index in [1.807, 2.05) is 60.4 Å². The number of rotatable bonds is 7. The molecule has 1 aliphatic rings. The van der Waals surface area contributed by atoms with Crippen LogP contribution in [0.1, 0.15) is 18.1 Å². The molecule has 0 radical (unpaired) electrons. The summed E-state index contributed by atoms with van der Waals surface area (Å²) in [6, 6.07) is 19.1. The number of carbonyl (C=O) groups excluding carboxylic acids is 2. The third-order valence-corrected chi connectivity index (χ3v) is 6.22. The first-order valence-corrected chi connectivity index (χ1v) is 11.3. The van der Waals surface area contributed by atoms with E-state index in [0.717, 1.165) is 22.3 Å². The molecular formula is C27H29N3O3. The fourth-order valence-electron chi connectivity index (χ4n) is 4.36. The molecule has 6 heteroatoms. The Morgan fingerprint density at radius 1 is 1.00 bits per heavy atom. The van der Waals surface area contributed by atoms with Crippen LogP contribution in [0.3, 0.4) is 0 Å². The minimum Gasteiger partial charge on any atom is -0.496 e. The molecule has 1 atom stereocenters. The SMILES string of the molecule is CCN1CCN(C(=O)Cc2ccccc2OC)[C@H](Cc2ccc(-c3ccncc3)cc2)C1=O. The summed E-state index contributed by atoms with van der Waals surface area (Å²) in [6.07, 6.45) is 4.24. The Labute approximate surface area is 194 Å². The Hall–Kier alpha value is -3.67. The van der Waals surface area contributed by atoms with Gasteiger partial charge >= 0.3 is 0 Å². The first kappa shape index (κ1) is 22.5. The molecule has 1 fully saturated rings. The lowest BCUT2D eigenvalue weighted by atomic mass is 9.98.